The zero-order chi connectivity index (χ0) is 24.8. The summed E-state index contributed by atoms with van der Waals surface area (Å²) in [4.78, 5) is 27.4. The van der Waals surface area contributed by atoms with Gasteiger partial charge in [-0.25, -0.2) is 8.42 Å². The van der Waals surface area contributed by atoms with Gasteiger partial charge in [-0.05, 0) is 49.2 Å². The molecule has 0 aliphatic rings. The first-order valence-corrected chi connectivity index (χ1v) is 13.6. The standard InChI is InChI=1S/C22H26BrCl2N3O4S/c1-4-10-26-22(30)15(2)27(13-16-6-5-7-17(23)11-16)21(29)14-28(33(3,31)32)18-8-9-19(24)20(25)12-18/h5-9,11-12,15H,4,10,13-14H2,1-3H3,(H,26,30)/t15-/m0/s1. The molecule has 0 aliphatic carbocycles. The Labute approximate surface area is 213 Å². The summed E-state index contributed by atoms with van der Waals surface area (Å²) in [7, 11) is -3.84. The molecule has 0 heterocycles. The topological polar surface area (TPSA) is 86.8 Å². The van der Waals surface area contributed by atoms with E-state index in [0.717, 1.165) is 27.0 Å². The van der Waals surface area contributed by atoms with Crippen LogP contribution in [0.3, 0.4) is 0 Å². The summed E-state index contributed by atoms with van der Waals surface area (Å²) in [6.45, 7) is 3.64. The molecule has 180 valence electrons. The van der Waals surface area contributed by atoms with Gasteiger partial charge in [0.2, 0.25) is 21.8 Å². The lowest BCUT2D eigenvalue weighted by Gasteiger charge is -2.31. The highest BCUT2D eigenvalue weighted by Gasteiger charge is 2.30. The maximum Gasteiger partial charge on any atom is 0.244 e. The number of rotatable bonds is 10. The zero-order valence-electron chi connectivity index (χ0n) is 18.5. The second kappa shape index (κ2) is 12.1. The fourth-order valence-electron chi connectivity index (χ4n) is 3.06. The molecular formula is C22H26BrCl2N3O4S. The number of benzene rings is 2. The van der Waals surface area contributed by atoms with Gasteiger partial charge in [0, 0.05) is 17.6 Å². The molecule has 2 aromatic rings. The van der Waals surface area contributed by atoms with E-state index in [1.807, 2.05) is 31.2 Å². The van der Waals surface area contributed by atoms with Crippen molar-refractivity contribution in [2.45, 2.75) is 32.9 Å². The minimum absolute atomic E-state index is 0.123. The number of nitrogens with one attached hydrogen (secondary N) is 1. The van der Waals surface area contributed by atoms with Gasteiger partial charge in [-0.15, -0.1) is 0 Å². The lowest BCUT2D eigenvalue weighted by molar-refractivity contribution is -0.139. The number of carbonyl (C=O) groups excluding carboxylic acids is 2. The van der Waals surface area contributed by atoms with E-state index in [9.17, 15) is 18.0 Å². The molecule has 1 N–H and O–H groups in total. The fourth-order valence-corrected chi connectivity index (χ4v) is 4.64. The van der Waals surface area contributed by atoms with E-state index in [4.69, 9.17) is 23.2 Å². The first-order chi connectivity index (χ1) is 15.4. The summed E-state index contributed by atoms with van der Waals surface area (Å²) in [5, 5.41) is 3.21. The van der Waals surface area contributed by atoms with Crippen LogP contribution in [0.2, 0.25) is 10.0 Å². The molecule has 1 atom stereocenters. The van der Waals surface area contributed by atoms with E-state index in [0.29, 0.717) is 6.54 Å². The maximum atomic E-state index is 13.4. The van der Waals surface area contributed by atoms with E-state index in [1.165, 1.54) is 23.1 Å². The number of halogens is 3. The van der Waals surface area contributed by atoms with Crippen molar-refractivity contribution >= 4 is 66.7 Å². The molecule has 0 saturated carbocycles. The monoisotopic (exact) mass is 577 g/mol. The summed E-state index contributed by atoms with van der Waals surface area (Å²) >= 11 is 15.4. The van der Waals surface area contributed by atoms with Crippen molar-refractivity contribution in [3.8, 4) is 0 Å². The summed E-state index contributed by atoms with van der Waals surface area (Å²) in [6.07, 6.45) is 1.75. The van der Waals surface area contributed by atoms with Crippen LogP contribution in [0.1, 0.15) is 25.8 Å². The van der Waals surface area contributed by atoms with Gasteiger partial charge in [0.1, 0.15) is 12.6 Å². The third-order valence-electron chi connectivity index (χ3n) is 4.83. The first-order valence-electron chi connectivity index (χ1n) is 10.2. The van der Waals surface area contributed by atoms with Gasteiger partial charge in [0.15, 0.2) is 0 Å². The molecule has 0 unspecified atom stereocenters. The van der Waals surface area contributed by atoms with Crippen molar-refractivity contribution in [2.24, 2.45) is 0 Å². The van der Waals surface area contributed by atoms with E-state index < -0.39 is 28.5 Å². The molecule has 0 fully saturated rings. The molecule has 0 aromatic heterocycles. The highest BCUT2D eigenvalue weighted by Crippen LogP contribution is 2.28. The number of hydrogen-bond donors (Lipinski definition) is 1. The summed E-state index contributed by atoms with van der Waals surface area (Å²) in [6, 6.07) is 10.8. The SMILES string of the molecule is CCCNC(=O)[C@H](C)N(Cc1cccc(Br)c1)C(=O)CN(c1ccc(Cl)c(Cl)c1)S(C)(=O)=O. The van der Waals surface area contributed by atoms with Gasteiger partial charge in [0.25, 0.3) is 0 Å². The van der Waals surface area contributed by atoms with Gasteiger partial charge in [-0.1, -0.05) is 58.2 Å². The number of nitrogens with zero attached hydrogens (tertiary/aromatic N) is 2. The van der Waals surface area contributed by atoms with Gasteiger partial charge in [-0.3, -0.25) is 13.9 Å². The molecule has 0 radical (unpaired) electrons. The van der Waals surface area contributed by atoms with Crippen molar-refractivity contribution < 1.29 is 18.0 Å². The highest BCUT2D eigenvalue weighted by molar-refractivity contribution is 9.10. The largest absolute Gasteiger partial charge is 0.354 e. The summed E-state index contributed by atoms with van der Waals surface area (Å²) < 4.78 is 26.8. The summed E-state index contributed by atoms with van der Waals surface area (Å²) in [5.74, 6) is -0.855. The number of amides is 2. The van der Waals surface area contributed by atoms with Crippen molar-refractivity contribution in [1.82, 2.24) is 10.2 Å². The molecule has 33 heavy (non-hydrogen) atoms. The molecule has 0 saturated heterocycles. The first kappa shape index (κ1) is 27.4. The normalized spacial score (nSPS) is 12.2. The molecule has 11 heteroatoms. The number of carbonyl (C=O) groups is 2. The third-order valence-corrected chi connectivity index (χ3v) is 7.20. The lowest BCUT2D eigenvalue weighted by atomic mass is 10.1. The Hall–Kier alpha value is -1.81. The molecule has 0 bridgehead atoms. The molecule has 0 aliphatic heterocycles. The highest BCUT2D eigenvalue weighted by atomic mass is 79.9. The second-order valence-electron chi connectivity index (χ2n) is 7.49. The number of anilines is 1. The van der Waals surface area contributed by atoms with Crippen LogP contribution >= 0.6 is 39.1 Å². The molecule has 2 amide bonds. The quantitative estimate of drug-likeness (QED) is 0.451. The summed E-state index contributed by atoms with van der Waals surface area (Å²) in [5.41, 5.74) is 0.985. The number of sulfonamides is 1. The van der Waals surface area contributed by atoms with Crippen molar-refractivity contribution in [3.05, 3.63) is 62.5 Å². The van der Waals surface area contributed by atoms with E-state index in [2.05, 4.69) is 21.2 Å². The predicted octanol–water partition coefficient (Wildman–Crippen LogP) is 4.47. The van der Waals surface area contributed by atoms with Crippen molar-refractivity contribution in [2.75, 3.05) is 23.7 Å². The Morgan fingerprint density at radius 2 is 1.82 bits per heavy atom. The van der Waals surface area contributed by atoms with Gasteiger partial charge in [-0.2, -0.15) is 0 Å². The van der Waals surface area contributed by atoms with Crippen LogP contribution in [-0.2, 0) is 26.2 Å². The predicted molar refractivity (Wildman–Crippen MR) is 136 cm³/mol. The Kier molecular flexibility index (Phi) is 10.0. The van der Waals surface area contributed by atoms with Gasteiger partial charge < -0.3 is 10.2 Å². The van der Waals surface area contributed by atoms with E-state index in [-0.39, 0.29) is 28.2 Å². The average molecular weight is 579 g/mol. The molecule has 2 aromatic carbocycles. The number of hydrogen-bond acceptors (Lipinski definition) is 4. The van der Waals surface area contributed by atoms with Crippen LogP contribution in [0.5, 0.6) is 0 Å². The Morgan fingerprint density at radius 1 is 1.12 bits per heavy atom. The zero-order valence-corrected chi connectivity index (χ0v) is 22.4. The minimum atomic E-state index is -3.84. The van der Waals surface area contributed by atoms with Crippen LogP contribution < -0.4 is 9.62 Å². The van der Waals surface area contributed by atoms with Crippen LogP contribution in [0.4, 0.5) is 5.69 Å². The molecular weight excluding hydrogens is 553 g/mol. The molecule has 0 spiro atoms. The van der Waals surface area contributed by atoms with Crippen molar-refractivity contribution in [3.63, 3.8) is 0 Å². The van der Waals surface area contributed by atoms with Gasteiger partial charge >= 0.3 is 0 Å². The fraction of sp³-hybridized carbons (Fsp3) is 0.364. The van der Waals surface area contributed by atoms with Crippen LogP contribution in [0.25, 0.3) is 0 Å². The van der Waals surface area contributed by atoms with Crippen LogP contribution in [0, 0.1) is 0 Å². The lowest BCUT2D eigenvalue weighted by Crippen LogP contribution is -2.51. The Bertz CT molecular complexity index is 1110. The van der Waals surface area contributed by atoms with E-state index >= 15 is 0 Å². The average Bonchev–Trinajstić information content (AvgIpc) is 2.74. The van der Waals surface area contributed by atoms with Crippen molar-refractivity contribution in [1.29, 1.82) is 0 Å². The molecule has 7 nitrogen and oxygen atoms in total. The van der Waals surface area contributed by atoms with Crippen LogP contribution in [-0.4, -0.2) is 50.5 Å². The minimum Gasteiger partial charge on any atom is -0.354 e. The Morgan fingerprint density at radius 3 is 2.39 bits per heavy atom. The van der Waals surface area contributed by atoms with Crippen LogP contribution in [0.15, 0.2) is 46.9 Å². The Balaban J connectivity index is 2.39. The maximum absolute atomic E-state index is 13.4. The van der Waals surface area contributed by atoms with E-state index in [1.54, 1.807) is 6.92 Å². The third kappa shape index (κ3) is 7.88. The van der Waals surface area contributed by atoms with Gasteiger partial charge in [0.05, 0.1) is 22.0 Å². The second-order valence-corrected chi connectivity index (χ2v) is 11.1. The smallest absolute Gasteiger partial charge is 0.244 e. The molecule has 2 rings (SSSR count).